The van der Waals surface area contributed by atoms with Crippen LogP contribution in [-0.2, 0) is 11.2 Å². The molecule has 18 heavy (non-hydrogen) atoms. The van der Waals surface area contributed by atoms with Crippen LogP contribution in [0, 0.1) is 0 Å². The van der Waals surface area contributed by atoms with E-state index in [4.69, 9.17) is 4.74 Å². The van der Waals surface area contributed by atoms with Crippen LogP contribution in [0.4, 0.5) is 0 Å². The lowest BCUT2D eigenvalue weighted by Crippen LogP contribution is -2.36. The maximum Gasteiger partial charge on any atom is 0.260 e. The predicted octanol–water partition coefficient (Wildman–Crippen LogP) is 2.93. The average molecular weight is 249 g/mol. The van der Waals surface area contributed by atoms with E-state index < -0.39 is 6.10 Å². The van der Waals surface area contributed by atoms with Crippen molar-refractivity contribution in [3.05, 3.63) is 29.8 Å². The van der Waals surface area contributed by atoms with Gasteiger partial charge in [0.1, 0.15) is 5.75 Å². The summed E-state index contributed by atoms with van der Waals surface area (Å²) < 4.78 is 5.72. The Hall–Kier alpha value is -1.51. The number of benzene rings is 1. The SMILES string of the molecule is CCCCNC(=O)[C@H](C)Oc1ccccc1CC. The summed E-state index contributed by atoms with van der Waals surface area (Å²) in [6, 6.07) is 7.85. The first-order valence-electron chi connectivity index (χ1n) is 6.71. The minimum atomic E-state index is -0.449. The molecule has 0 aromatic heterocycles. The van der Waals surface area contributed by atoms with Crippen LogP contribution in [0.1, 0.15) is 39.2 Å². The van der Waals surface area contributed by atoms with Crippen molar-refractivity contribution in [2.24, 2.45) is 0 Å². The molecule has 3 heteroatoms. The average Bonchev–Trinajstić information content (AvgIpc) is 2.39. The van der Waals surface area contributed by atoms with Crippen molar-refractivity contribution in [2.75, 3.05) is 6.54 Å². The Bertz CT molecular complexity index is 377. The summed E-state index contributed by atoms with van der Waals surface area (Å²) in [6.45, 7) is 6.68. The molecule has 0 spiro atoms. The number of rotatable bonds is 7. The number of nitrogens with one attached hydrogen (secondary N) is 1. The second-order valence-corrected chi connectivity index (χ2v) is 4.37. The molecule has 0 radical (unpaired) electrons. The highest BCUT2D eigenvalue weighted by Gasteiger charge is 2.14. The zero-order valence-corrected chi connectivity index (χ0v) is 11.5. The largest absolute Gasteiger partial charge is 0.481 e. The molecule has 1 rings (SSSR count). The highest BCUT2D eigenvalue weighted by atomic mass is 16.5. The summed E-state index contributed by atoms with van der Waals surface area (Å²) in [5, 5.41) is 2.88. The highest BCUT2D eigenvalue weighted by molar-refractivity contribution is 5.80. The first-order chi connectivity index (χ1) is 8.69. The van der Waals surface area contributed by atoms with Crippen LogP contribution in [-0.4, -0.2) is 18.6 Å². The van der Waals surface area contributed by atoms with E-state index in [1.54, 1.807) is 6.92 Å². The Balaban J connectivity index is 2.52. The molecule has 1 aromatic carbocycles. The van der Waals surface area contributed by atoms with Crippen molar-refractivity contribution < 1.29 is 9.53 Å². The third-order valence-electron chi connectivity index (χ3n) is 2.86. The number of amides is 1. The highest BCUT2D eigenvalue weighted by Crippen LogP contribution is 2.19. The van der Waals surface area contributed by atoms with Gasteiger partial charge in [0, 0.05) is 6.54 Å². The second-order valence-electron chi connectivity index (χ2n) is 4.37. The Morgan fingerprint density at radius 3 is 2.72 bits per heavy atom. The van der Waals surface area contributed by atoms with Gasteiger partial charge >= 0.3 is 0 Å². The molecule has 0 fully saturated rings. The van der Waals surface area contributed by atoms with Crippen molar-refractivity contribution in [3.8, 4) is 5.75 Å². The topological polar surface area (TPSA) is 38.3 Å². The third kappa shape index (κ3) is 4.40. The van der Waals surface area contributed by atoms with E-state index in [0.717, 1.165) is 37.1 Å². The molecule has 0 unspecified atom stereocenters. The van der Waals surface area contributed by atoms with E-state index in [-0.39, 0.29) is 5.91 Å². The van der Waals surface area contributed by atoms with Gasteiger partial charge in [0.15, 0.2) is 6.10 Å². The quantitative estimate of drug-likeness (QED) is 0.754. The van der Waals surface area contributed by atoms with Crippen LogP contribution in [0.5, 0.6) is 5.75 Å². The number of carbonyl (C=O) groups excluding carboxylic acids is 1. The van der Waals surface area contributed by atoms with E-state index in [2.05, 4.69) is 19.2 Å². The molecule has 1 N–H and O–H groups in total. The van der Waals surface area contributed by atoms with Crippen molar-refractivity contribution in [2.45, 2.75) is 46.1 Å². The van der Waals surface area contributed by atoms with Crippen molar-refractivity contribution in [1.29, 1.82) is 0 Å². The fourth-order valence-electron chi connectivity index (χ4n) is 1.69. The maximum atomic E-state index is 11.8. The first kappa shape index (κ1) is 14.6. The fraction of sp³-hybridized carbons (Fsp3) is 0.533. The molecule has 0 saturated heterocycles. The zero-order valence-electron chi connectivity index (χ0n) is 11.5. The molecule has 0 aliphatic heterocycles. The molecular weight excluding hydrogens is 226 g/mol. The Kier molecular flexibility index (Phi) is 6.26. The monoisotopic (exact) mass is 249 g/mol. The summed E-state index contributed by atoms with van der Waals surface area (Å²) in [5.74, 6) is 0.757. The number of para-hydroxylation sites is 1. The van der Waals surface area contributed by atoms with Gasteiger partial charge in [0.2, 0.25) is 0 Å². The van der Waals surface area contributed by atoms with Crippen LogP contribution >= 0.6 is 0 Å². The molecule has 0 heterocycles. The number of carbonyl (C=O) groups is 1. The van der Waals surface area contributed by atoms with E-state index in [1.807, 2.05) is 24.3 Å². The smallest absolute Gasteiger partial charge is 0.260 e. The Morgan fingerprint density at radius 1 is 1.33 bits per heavy atom. The van der Waals surface area contributed by atoms with E-state index in [1.165, 1.54) is 0 Å². The van der Waals surface area contributed by atoms with Gasteiger partial charge in [-0.3, -0.25) is 4.79 Å². The van der Waals surface area contributed by atoms with Crippen molar-refractivity contribution >= 4 is 5.91 Å². The van der Waals surface area contributed by atoms with Gasteiger partial charge in [0.05, 0.1) is 0 Å². The lowest BCUT2D eigenvalue weighted by molar-refractivity contribution is -0.127. The van der Waals surface area contributed by atoms with Gasteiger partial charge in [-0.2, -0.15) is 0 Å². The van der Waals surface area contributed by atoms with Crippen molar-refractivity contribution in [3.63, 3.8) is 0 Å². The van der Waals surface area contributed by atoms with Gasteiger partial charge in [-0.05, 0) is 31.4 Å². The van der Waals surface area contributed by atoms with E-state index >= 15 is 0 Å². The molecule has 100 valence electrons. The maximum absolute atomic E-state index is 11.8. The van der Waals surface area contributed by atoms with Crippen LogP contribution in [0.15, 0.2) is 24.3 Å². The van der Waals surface area contributed by atoms with E-state index in [9.17, 15) is 4.79 Å². The molecular formula is C15H23NO2. The molecule has 3 nitrogen and oxygen atoms in total. The number of hydrogen-bond donors (Lipinski definition) is 1. The number of hydrogen-bond acceptors (Lipinski definition) is 2. The molecule has 1 amide bonds. The number of aryl methyl sites for hydroxylation is 1. The second kappa shape index (κ2) is 7.75. The fourth-order valence-corrected chi connectivity index (χ4v) is 1.69. The standard InChI is InChI=1S/C15H23NO2/c1-4-6-11-16-15(17)12(3)18-14-10-8-7-9-13(14)5-2/h7-10,12H,4-6,11H2,1-3H3,(H,16,17)/t12-/m0/s1. The summed E-state index contributed by atoms with van der Waals surface area (Å²) in [7, 11) is 0. The first-order valence-corrected chi connectivity index (χ1v) is 6.71. The normalized spacial score (nSPS) is 11.9. The molecule has 0 saturated carbocycles. The summed E-state index contributed by atoms with van der Waals surface area (Å²) in [5.41, 5.74) is 1.13. The van der Waals surface area contributed by atoms with Crippen LogP contribution < -0.4 is 10.1 Å². The summed E-state index contributed by atoms with van der Waals surface area (Å²) in [4.78, 5) is 11.8. The predicted molar refractivity (Wildman–Crippen MR) is 73.8 cm³/mol. The minimum Gasteiger partial charge on any atom is -0.481 e. The van der Waals surface area contributed by atoms with Gasteiger partial charge in [-0.15, -0.1) is 0 Å². The lowest BCUT2D eigenvalue weighted by Gasteiger charge is -2.16. The Morgan fingerprint density at radius 2 is 2.06 bits per heavy atom. The summed E-state index contributed by atoms with van der Waals surface area (Å²) >= 11 is 0. The molecule has 0 aliphatic rings. The molecule has 0 aliphatic carbocycles. The van der Waals surface area contributed by atoms with Gasteiger partial charge < -0.3 is 10.1 Å². The zero-order chi connectivity index (χ0) is 13.4. The number of unbranched alkanes of at least 4 members (excludes halogenated alkanes) is 1. The number of ether oxygens (including phenoxy) is 1. The minimum absolute atomic E-state index is 0.0469. The third-order valence-corrected chi connectivity index (χ3v) is 2.86. The Labute approximate surface area is 110 Å². The molecule has 1 aromatic rings. The van der Waals surface area contributed by atoms with Gasteiger partial charge in [-0.25, -0.2) is 0 Å². The van der Waals surface area contributed by atoms with Gasteiger partial charge in [-0.1, -0.05) is 38.5 Å². The summed E-state index contributed by atoms with van der Waals surface area (Å²) in [6.07, 6.45) is 2.54. The van der Waals surface area contributed by atoms with Crippen LogP contribution in [0.2, 0.25) is 0 Å². The lowest BCUT2D eigenvalue weighted by atomic mass is 10.1. The van der Waals surface area contributed by atoms with Crippen LogP contribution in [0.3, 0.4) is 0 Å². The van der Waals surface area contributed by atoms with Gasteiger partial charge in [0.25, 0.3) is 5.91 Å². The van der Waals surface area contributed by atoms with E-state index in [0.29, 0.717) is 0 Å². The molecule has 1 atom stereocenters. The molecule has 0 bridgehead atoms. The van der Waals surface area contributed by atoms with Crippen molar-refractivity contribution in [1.82, 2.24) is 5.32 Å². The van der Waals surface area contributed by atoms with Crippen LogP contribution in [0.25, 0.3) is 0 Å².